The van der Waals surface area contributed by atoms with Gasteiger partial charge in [-0.1, -0.05) is 25.5 Å². The third kappa shape index (κ3) is 2.39. The monoisotopic (exact) mass is 258 g/mol. The van der Waals surface area contributed by atoms with Crippen molar-refractivity contribution in [2.45, 2.75) is 38.7 Å². The number of fused-ring (bicyclic) bond motifs is 1. The minimum absolute atomic E-state index is 0.250. The lowest BCUT2D eigenvalue weighted by molar-refractivity contribution is 0.106. The summed E-state index contributed by atoms with van der Waals surface area (Å²) in [4.78, 5) is 4.65. The van der Waals surface area contributed by atoms with E-state index in [2.05, 4.69) is 22.5 Å². The molecule has 1 heterocycles. The minimum Gasteiger partial charge on any atom is -0.392 e. The molecule has 0 radical (unpaired) electrons. The number of aliphatic hydroxyl groups excluding tert-OH is 1. The SMILES string of the molecule is CC1CCC(C(O)Cc2nc3ccccc3n2C)C1. The zero-order chi connectivity index (χ0) is 13.4. The van der Waals surface area contributed by atoms with Gasteiger partial charge in [0.1, 0.15) is 5.82 Å². The highest BCUT2D eigenvalue weighted by Gasteiger charge is 2.28. The highest BCUT2D eigenvalue weighted by Crippen LogP contribution is 2.33. The van der Waals surface area contributed by atoms with Crippen LogP contribution < -0.4 is 0 Å². The molecule has 1 fully saturated rings. The molecule has 1 N–H and O–H groups in total. The molecule has 19 heavy (non-hydrogen) atoms. The Bertz CT molecular complexity index is 575. The Labute approximate surface area is 114 Å². The van der Waals surface area contributed by atoms with Crippen LogP contribution >= 0.6 is 0 Å². The van der Waals surface area contributed by atoms with Gasteiger partial charge in [-0.3, -0.25) is 0 Å². The van der Waals surface area contributed by atoms with Crippen molar-refractivity contribution in [1.82, 2.24) is 9.55 Å². The van der Waals surface area contributed by atoms with Gasteiger partial charge in [-0.2, -0.15) is 0 Å². The van der Waals surface area contributed by atoms with Gasteiger partial charge in [0.2, 0.25) is 0 Å². The Morgan fingerprint density at radius 1 is 1.37 bits per heavy atom. The lowest BCUT2D eigenvalue weighted by atomic mass is 9.97. The van der Waals surface area contributed by atoms with Gasteiger partial charge in [-0.05, 0) is 36.8 Å². The van der Waals surface area contributed by atoms with Crippen molar-refractivity contribution in [3.05, 3.63) is 30.1 Å². The van der Waals surface area contributed by atoms with Gasteiger partial charge >= 0.3 is 0 Å². The molecule has 1 aromatic heterocycles. The summed E-state index contributed by atoms with van der Waals surface area (Å²) < 4.78 is 2.11. The summed E-state index contributed by atoms with van der Waals surface area (Å²) in [5.74, 6) is 2.21. The van der Waals surface area contributed by atoms with Gasteiger partial charge in [0.25, 0.3) is 0 Å². The van der Waals surface area contributed by atoms with Gasteiger partial charge in [-0.15, -0.1) is 0 Å². The molecule has 1 aliphatic rings. The number of aromatic nitrogens is 2. The first-order chi connectivity index (χ1) is 9.15. The second-order valence-corrected chi connectivity index (χ2v) is 6.03. The smallest absolute Gasteiger partial charge is 0.112 e. The van der Waals surface area contributed by atoms with E-state index in [4.69, 9.17) is 0 Å². The first-order valence-corrected chi connectivity index (χ1v) is 7.23. The van der Waals surface area contributed by atoms with E-state index in [0.29, 0.717) is 12.3 Å². The van der Waals surface area contributed by atoms with Crippen molar-refractivity contribution < 1.29 is 5.11 Å². The number of hydrogen-bond acceptors (Lipinski definition) is 2. The molecular weight excluding hydrogens is 236 g/mol. The van der Waals surface area contributed by atoms with E-state index >= 15 is 0 Å². The van der Waals surface area contributed by atoms with Crippen molar-refractivity contribution in [3.8, 4) is 0 Å². The van der Waals surface area contributed by atoms with E-state index in [9.17, 15) is 5.11 Å². The fraction of sp³-hybridized carbons (Fsp3) is 0.562. The topological polar surface area (TPSA) is 38.1 Å². The number of hydrogen-bond donors (Lipinski definition) is 1. The molecule has 0 amide bonds. The van der Waals surface area contributed by atoms with Crippen molar-refractivity contribution >= 4 is 11.0 Å². The molecule has 0 saturated heterocycles. The average molecular weight is 258 g/mol. The number of benzene rings is 1. The van der Waals surface area contributed by atoms with Gasteiger partial charge in [-0.25, -0.2) is 4.98 Å². The molecule has 1 aromatic carbocycles. The quantitative estimate of drug-likeness (QED) is 0.919. The lowest BCUT2D eigenvalue weighted by Gasteiger charge is -2.17. The Balaban J connectivity index is 1.79. The second kappa shape index (κ2) is 4.97. The van der Waals surface area contributed by atoms with Crippen LogP contribution in [-0.4, -0.2) is 20.8 Å². The Morgan fingerprint density at radius 2 is 2.16 bits per heavy atom. The molecule has 3 rings (SSSR count). The zero-order valence-electron chi connectivity index (χ0n) is 11.7. The van der Waals surface area contributed by atoms with E-state index in [0.717, 1.165) is 35.6 Å². The number of nitrogens with zero attached hydrogens (tertiary/aromatic N) is 2. The number of imidazole rings is 1. The van der Waals surface area contributed by atoms with E-state index in [1.54, 1.807) is 0 Å². The molecule has 1 aliphatic carbocycles. The third-order valence-electron chi connectivity index (χ3n) is 4.55. The van der Waals surface area contributed by atoms with E-state index in [1.807, 2.05) is 25.2 Å². The van der Waals surface area contributed by atoms with Crippen LogP contribution in [0.5, 0.6) is 0 Å². The Hall–Kier alpha value is -1.35. The summed E-state index contributed by atoms with van der Waals surface area (Å²) in [6.07, 6.45) is 3.99. The van der Waals surface area contributed by atoms with Crippen LogP contribution in [0.25, 0.3) is 11.0 Å². The highest BCUT2D eigenvalue weighted by molar-refractivity contribution is 5.75. The Kier molecular flexibility index (Phi) is 3.31. The van der Waals surface area contributed by atoms with Crippen molar-refractivity contribution in [2.75, 3.05) is 0 Å². The van der Waals surface area contributed by atoms with Crippen molar-refractivity contribution in [1.29, 1.82) is 0 Å². The number of para-hydroxylation sites is 2. The standard InChI is InChI=1S/C16H22N2O/c1-11-7-8-12(9-11)15(19)10-16-17-13-5-3-4-6-14(13)18(16)2/h3-6,11-12,15,19H,7-10H2,1-2H3. The summed E-state index contributed by atoms with van der Waals surface area (Å²) >= 11 is 0. The van der Waals surface area contributed by atoms with Gasteiger partial charge in [0.05, 0.1) is 17.1 Å². The van der Waals surface area contributed by atoms with Gasteiger partial charge in [0, 0.05) is 13.5 Å². The third-order valence-corrected chi connectivity index (χ3v) is 4.55. The van der Waals surface area contributed by atoms with Crippen LogP contribution in [0.4, 0.5) is 0 Å². The molecule has 0 spiro atoms. The zero-order valence-corrected chi connectivity index (χ0v) is 11.7. The molecule has 3 heteroatoms. The normalized spacial score (nSPS) is 25.0. The first kappa shape index (κ1) is 12.7. The van der Waals surface area contributed by atoms with Gasteiger partial charge in [0.15, 0.2) is 0 Å². The summed E-state index contributed by atoms with van der Waals surface area (Å²) in [5.41, 5.74) is 2.16. The van der Waals surface area contributed by atoms with Crippen LogP contribution in [0.2, 0.25) is 0 Å². The molecule has 1 saturated carbocycles. The summed E-state index contributed by atoms with van der Waals surface area (Å²) in [6, 6.07) is 8.15. The molecule has 3 unspecified atom stereocenters. The van der Waals surface area contributed by atoms with Crippen molar-refractivity contribution in [3.63, 3.8) is 0 Å². The number of rotatable bonds is 3. The summed E-state index contributed by atoms with van der Waals surface area (Å²) in [5, 5.41) is 10.4. The Morgan fingerprint density at radius 3 is 2.84 bits per heavy atom. The molecule has 2 aromatic rings. The largest absolute Gasteiger partial charge is 0.392 e. The molecule has 102 valence electrons. The maximum absolute atomic E-state index is 10.4. The maximum Gasteiger partial charge on any atom is 0.112 e. The van der Waals surface area contributed by atoms with Crippen LogP contribution in [-0.2, 0) is 13.5 Å². The number of aryl methyl sites for hydroxylation is 1. The number of aliphatic hydroxyl groups is 1. The fourth-order valence-electron chi connectivity index (χ4n) is 3.33. The average Bonchev–Trinajstić information content (AvgIpc) is 2.96. The van der Waals surface area contributed by atoms with Crippen LogP contribution in [0.15, 0.2) is 24.3 Å². The predicted octanol–water partition coefficient (Wildman–Crippen LogP) is 2.91. The molecule has 3 nitrogen and oxygen atoms in total. The maximum atomic E-state index is 10.4. The van der Waals surface area contributed by atoms with Crippen LogP contribution in [0, 0.1) is 11.8 Å². The van der Waals surface area contributed by atoms with E-state index in [-0.39, 0.29) is 6.10 Å². The van der Waals surface area contributed by atoms with Crippen LogP contribution in [0.3, 0.4) is 0 Å². The lowest BCUT2D eigenvalue weighted by Crippen LogP contribution is -2.22. The highest BCUT2D eigenvalue weighted by atomic mass is 16.3. The molecule has 3 atom stereocenters. The molecule has 0 bridgehead atoms. The fourth-order valence-corrected chi connectivity index (χ4v) is 3.33. The summed E-state index contributed by atoms with van der Waals surface area (Å²) in [7, 11) is 2.04. The van der Waals surface area contributed by atoms with Gasteiger partial charge < -0.3 is 9.67 Å². The van der Waals surface area contributed by atoms with E-state index in [1.165, 1.54) is 6.42 Å². The second-order valence-electron chi connectivity index (χ2n) is 6.03. The van der Waals surface area contributed by atoms with E-state index < -0.39 is 0 Å². The predicted molar refractivity (Wildman–Crippen MR) is 76.9 cm³/mol. The van der Waals surface area contributed by atoms with Crippen molar-refractivity contribution in [2.24, 2.45) is 18.9 Å². The summed E-state index contributed by atoms with van der Waals surface area (Å²) in [6.45, 7) is 2.28. The van der Waals surface area contributed by atoms with Crippen LogP contribution in [0.1, 0.15) is 32.0 Å². The first-order valence-electron chi connectivity index (χ1n) is 7.23. The molecule has 0 aliphatic heterocycles. The minimum atomic E-state index is -0.250. The molecular formula is C16H22N2O.